The van der Waals surface area contributed by atoms with Crippen molar-refractivity contribution in [1.82, 2.24) is 9.97 Å². The molecule has 0 bridgehead atoms. The maximum absolute atomic E-state index is 12.0. The highest BCUT2D eigenvalue weighted by molar-refractivity contribution is 5.96. The van der Waals surface area contributed by atoms with Gasteiger partial charge in [0.05, 0.1) is 31.6 Å². The van der Waals surface area contributed by atoms with Crippen LogP contribution >= 0.6 is 0 Å². The molecule has 4 rings (SSSR count). The van der Waals surface area contributed by atoms with E-state index in [0.29, 0.717) is 36.1 Å². The molecule has 1 aromatic heterocycles. The Labute approximate surface area is 163 Å². The van der Waals surface area contributed by atoms with Crippen LogP contribution in [-0.2, 0) is 14.2 Å². The third kappa shape index (κ3) is 3.79. The molecule has 8 nitrogen and oxygen atoms in total. The van der Waals surface area contributed by atoms with Crippen molar-refractivity contribution in [2.45, 2.75) is 25.6 Å². The van der Waals surface area contributed by atoms with Crippen molar-refractivity contribution in [2.24, 2.45) is 0 Å². The fourth-order valence-electron chi connectivity index (χ4n) is 3.66. The van der Waals surface area contributed by atoms with Crippen molar-refractivity contribution >= 4 is 23.3 Å². The fourth-order valence-corrected chi connectivity index (χ4v) is 3.66. The van der Waals surface area contributed by atoms with Gasteiger partial charge in [0.1, 0.15) is 17.5 Å². The minimum Gasteiger partial charge on any atom is -0.465 e. The molecular formula is C20H24N4O4. The maximum Gasteiger partial charge on any atom is 0.339 e. The van der Waals surface area contributed by atoms with E-state index in [2.05, 4.69) is 20.2 Å². The van der Waals surface area contributed by atoms with Gasteiger partial charge >= 0.3 is 5.97 Å². The Bertz CT molecular complexity index is 857. The summed E-state index contributed by atoms with van der Waals surface area (Å²) in [6, 6.07) is 9.09. The lowest BCUT2D eigenvalue weighted by atomic mass is 10.0. The Morgan fingerprint density at radius 3 is 2.61 bits per heavy atom. The van der Waals surface area contributed by atoms with Gasteiger partial charge in [0, 0.05) is 32.0 Å². The average molecular weight is 384 g/mol. The third-order valence-electron chi connectivity index (χ3n) is 5.08. The lowest BCUT2D eigenvalue weighted by Crippen LogP contribution is -2.45. The van der Waals surface area contributed by atoms with E-state index in [0.717, 1.165) is 31.7 Å². The molecule has 1 spiro atoms. The number of nitrogens with one attached hydrogen (secondary N) is 1. The normalized spacial score (nSPS) is 18.3. The second kappa shape index (κ2) is 7.73. The lowest BCUT2D eigenvalue weighted by molar-refractivity contribution is -0.169. The first-order valence-electron chi connectivity index (χ1n) is 9.41. The highest BCUT2D eigenvalue weighted by atomic mass is 16.7. The zero-order valence-electron chi connectivity index (χ0n) is 16.1. The molecule has 0 amide bonds. The highest BCUT2D eigenvalue weighted by Crippen LogP contribution is 2.33. The minimum absolute atomic E-state index is 0.396. The molecule has 2 fully saturated rings. The number of hydrogen-bond donors (Lipinski definition) is 1. The summed E-state index contributed by atoms with van der Waals surface area (Å²) in [5, 5.41) is 3.23. The van der Waals surface area contributed by atoms with Crippen LogP contribution in [0, 0.1) is 6.92 Å². The van der Waals surface area contributed by atoms with E-state index in [4.69, 9.17) is 14.2 Å². The summed E-state index contributed by atoms with van der Waals surface area (Å²) in [4.78, 5) is 23.3. The van der Waals surface area contributed by atoms with Crippen molar-refractivity contribution < 1.29 is 19.0 Å². The van der Waals surface area contributed by atoms with Gasteiger partial charge in [-0.2, -0.15) is 0 Å². The minimum atomic E-state index is -0.418. The molecule has 0 aliphatic carbocycles. The van der Waals surface area contributed by atoms with Gasteiger partial charge in [0.2, 0.25) is 0 Å². The van der Waals surface area contributed by atoms with Crippen LogP contribution in [0.1, 0.15) is 29.0 Å². The number of esters is 1. The molecule has 0 unspecified atom stereocenters. The Morgan fingerprint density at radius 1 is 1.18 bits per heavy atom. The van der Waals surface area contributed by atoms with Crippen molar-refractivity contribution in [3.8, 4) is 0 Å². The third-order valence-corrected chi connectivity index (χ3v) is 5.08. The van der Waals surface area contributed by atoms with Crippen LogP contribution in [-0.4, -0.2) is 55.1 Å². The Balaban J connectivity index is 1.53. The Morgan fingerprint density at radius 2 is 1.89 bits per heavy atom. The summed E-state index contributed by atoms with van der Waals surface area (Å²) >= 11 is 0. The summed E-state index contributed by atoms with van der Waals surface area (Å²) in [7, 11) is 1.37. The zero-order chi connectivity index (χ0) is 19.6. The molecule has 0 atom stereocenters. The molecule has 2 aromatic rings. The van der Waals surface area contributed by atoms with Crippen LogP contribution in [0.4, 0.5) is 17.3 Å². The molecule has 0 saturated carbocycles. The molecule has 28 heavy (non-hydrogen) atoms. The maximum atomic E-state index is 12.0. The van der Waals surface area contributed by atoms with Gasteiger partial charge in [-0.1, -0.05) is 12.1 Å². The van der Waals surface area contributed by atoms with Gasteiger partial charge < -0.3 is 24.4 Å². The van der Waals surface area contributed by atoms with Gasteiger partial charge in [-0.25, -0.2) is 14.8 Å². The number of ether oxygens (including phenoxy) is 3. The number of benzene rings is 1. The molecule has 2 saturated heterocycles. The molecule has 2 aliphatic rings. The lowest BCUT2D eigenvalue weighted by Gasteiger charge is -2.38. The van der Waals surface area contributed by atoms with E-state index in [-0.39, 0.29) is 0 Å². The average Bonchev–Trinajstić information content (AvgIpc) is 3.16. The summed E-state index contributed by atoms with van der Waals surface area (Å²) in [6.45, 7) is 4.79. The first-order chi connectivity index (χ1) is 13.6. The number of rotatable bonds is 4. The van der Waals surface area contributed by atoms with Crippen LogP contribution in [0.5, 0.6) is 0 Å². The van der Waals surface area contributed by atoms with Crippen molar-refractivity contribution in [1.29, 1.82) is 0 Å². The number of hydrogen-bond acceptors (Lipinski definition) is 8. The standard InChI is InChI=1S/C20H24N4O4/c1-14-21-17(23-16-6-4-3-5-15(16)19(25)26-2)13-18(22-14)24-9-7-20(8-10-24)27-11-12-28-20/h3-6,13H,7-12H2,1-2H3,(H,21,22,23). The summed E-state index contributed by atoms with van der Waals surface area (Å²) in [6.07, 6.45) is 1.62. The van der Waals surface area contributed by atoms with Gasteiger partial charge in [0.15, 0.2) is 5.79 Å². The smallest absolute Gasteiger partial charge is 0.339 e. The largest absolute Gasteiger partial charge is 0.465 e. The number of aromatic nitrogens is 2. The molecule has 1 N–H and O–H groups in total. The van der Waals surface area contributed by atoms with Gasteiger partial charge in [0.25, 0.3) is 0 Å². The monoisotopic (exact) mass is 384 g/mol. The van der Waals surface area contributed by atoms with E-state index < -0.39 is 11.8 Å². The van der Waals surface area contributed by atoms with Crippen molar-refractivity contribution in [3.05, 3.63) is 41.7 Å². The number of carbonyl (C=O) groups is 1. The topological polar surface area (TPSA) is 85.8 Å². The quantitative estimate of drug-likeness (QED) is 0.806. The predicted molar refractivity (Wildman–Crippen MR) is 104 cm³/mol. The second-order valence-electron chi connectivity index (χ2n) is 6.92. The molecular weight excluding hydrogens is 360 g/mol. The number of para-hydroxylation sites is 1. The fraction of sp³-hybridized carbons (Fsp3) is 0.450. The molecule has 148 valence electrons. The van der Waals surface area contributed by atoms with Crippen LogP contribution in [0.2, 0.25) is 0 Å². The van der Waals surface area contributed by atoms with Crippen LogP contribution in [0.25, 0.3) is 0 Å². The van der Waals surface area contributed by atoms with E-state index >= 15 is 0 Å². The van der Waals surface area contributed by atoms with Gasteiger partial charge in [-0.05, 0) is 19.1 Å². The summed E-state index contributed by atoms with van der Waals surface area (Å²) in [5.41, 5.74) is 1.10. The second-order valence-corrected chi connectivity index (χ2v) is 6.92. The highest BCUT2D eigenvalue weighted by Gasteiger charge is 2.40. The van der Waals surface area contributed by atoms with Crippen molar-refractivity contribution in [2.75, 3.05) is 43.6 Å². The van der Waals surface area contributed by atoms with E-state index in [1.807, 2.05) is 25.1 Å². The molecule has 3 heterocycles. The first-order valence-corrected chi connectivity index (χ1v) is 9.41. The van der Waals surface area contributed by atoms with Crippen LogP contribution < -0.4 is 10.2 Å². The molecule has 1 aromatic carbocycles. The number of carbonyl (C=O) groups excluding carboxylic acids is 1. The van der Waals surface area contributed by atoms with Crippen LogP contribution in [0.3, 0.4) is 0 Å². The molecule has 8 heteroatoms. The Hall–Kier alpha value is -2.71. The summed E-state index contributed by atoms with van der Waals surface area (Å²) in [5.74, 6) is 1.32. The zero-order valence-corrected chi connectivity index (χ0v) is 16.1. The first kappa shape index (κ1) is 18.6. The molecule has 2 aliphatic heterocycles. The van der Waals surface area contributed by atoms with Crippen molar-refractivity contribution in [3.63, 3.8) is 0 Å². The number of methoxy groups -OCH3 is 1. The van der Waals surface area contributed by atoms with Gasteiger partial charge in [-0.15, -0.1) is 0 Å². The number of nitrogens with zero attached hydrogens (tertiary/aromatic N) is 3. The SMILES string of the molecule is COC(=O)c1ccccc1Nc1cc(N2CCC3(CC2)OCCO3)nc(C)n1. The Kier molecular flexibility index (Phi) is 5.15. The van der Waals surface area contributed by atoms with E-state index in [1.165, 1.54) is 7.11 Å². The molecule has 0 radical (unpaired) electrons. The van der Waals surface area contributed by atoms with E-state index in [1.54, 1.807) is 12.1 Å². The summed E-state index contributed by atoms with van der Waals surface area (Å²) < 4.78 is 16.5. The number of piperidine rings is 1. The van der Waals surface area contributed by atoms with E-state index in [9.17, 15) is 4.79 Å². The number of anilines is 3. The van der Waals surface area contributed by atoms with Crippen LogP contribution in [0.15, 0.2) is 30.3 Å². The number of aryl methyl sites for hydroxylation is 1. The van der Waals surface area contributed by atoms with Gasteiger partial charge in [-0.3, -0.25) is 0 Å². The predicted octanol–water partition coefficient (Wildman–Crippen LogP) is 2.66.